The van der Waals surface area contributed by atoms with Crippen molar-refractivity contribution in [1.29, 1.82) is 0 Å². The van der Waals surface area contributed by atoms with Gasteiger partial charge < -0.3 is 19.7 Å². The molecule has 36 heavy (non-hydrogen) atoms. The fourth-order valence-electron chi connectivity index (χ4n) is 3.88. The van der Waals surface area contributed by atoms with Gasteiger partial charge in [-0.3, -0.25) is 9.59 Å². The van der Waals surface area contributed by atoms with Crippen LogP contribution in [-0.4, -0.2) is 48.6 Å². The average molecular weight is 517 g/mol. The van der Waals surface area contributed by atoms with Gasteiger partial charge in [0, 0.05) is 12.8 Å². The van der Waals surface area contributed by atoms with E-state index in [-0.39, 0.29) is 25.2 Å². The van der Waals surface area contributed by atoms with Crippen LogP contribution in [0.15, 0.2) is 0 Å². The van der Waals surface area contributed by atoms with Crippen molar-refractivity contribution in [2.75, 3.05) is 26.4 Å². The van der Waals surface area contributed by atoms with Gasteiger partial charge in [-0.1, -0.05) is 117 Å². The number of aliphatic hydroxyl groups is 2. The molecule has 0 heterocycles. The standard InChI is InChI=1S/C28H54O4.C2H6O2/c1-3-5-7-9-11-13-15-17-19-23-27(29)31-25-21-22-26-32-28(30)24-20-18-16-14-12-10-8-6-4-2;3-1-2-4/h3-26H2,1-2H3;3-4H,1-2H2. The van der Waals surface area contributed by atoms with E-state index in [9.17, 15) is 9.59 Å². The summed E-state index contributed by atoms with van der Waals surface area (Å²) >= 11 is 0. The number of carbonyl (C=O) groups is 2. The second-order valence-corrected chi connectivity index (χ2v) is 9.75. The largest absolute Gasteiger partial charge is 0.466 e. The molecule has 2 N–H and O–H groups in total. The Labute approximate surface area is 222 Å². The maximum absolute atomic E-state index is 11.7. The van der Waals surface area contributed by atoms with Crippen molar-refractivity contribution in [3.63, 3.8) is 0 Å². The van der Waals surface area contributed by atoms with Crippen LogP contribution in [0.4, 0.5) is 0 Å². The Morgan fingerprint density at radius 2 is 0.722 bits per heavy atom. The number of hydrogen-bond donors (Lipinski definition) is 2. The van der Waals surface area contributed by atoms with Gasteiger partial charge in [-0.25, -0.2) is 0 Å². The lowest BCUT2D eigenvalue weighted by Crippen LogP contribution is -2.08. The molecule has 6 heteroatoms. The highest BCUT2D eigenvalue weighted by molar-refractivity contribution is 5.69. The van der Waals surface area contributed by atoms with Crippen LogP contribution in [0.3, 0.4) is 0 Å². The molecule has 0 rings (SSSR count). The van der Waals surface area contributed by atoms with E-state index < -0.39 is 0 Å². The van der Waals surface area contributed by atoms with Crippen LogP contribution in [0.25, 0.3) is 0 Å². The average Bonchev–Trinajstić information content (AvgIpc) is 2.88. The van der Waals surface area contributed by atoms with Gasteiger partial charge in [-0.2, -0.15) is 0 Å². The monoisotopic (exact) mass is 516 g/mol. The summed E-state index contributed by atoms with van der Waals surface area (Å²) < 4.78 is 10.5. The van der Waals surface area contributed by atoms with Gasteiger partial charge >= 0.3 is 11.9 Å². The molecule has 0 unspecified atom stereocenters. The third-order valence-electron chi connectivity index (χ3n) is 6.13. The van der Waals surface area contributed by atoms with Crippen molar-refractivity contribution in [3.05, 3.63) is 0 Å². The summed E-state index contributed by atoms with van der Waals surface area (Å²) in [5, 5.41) is 15.2. The molecule has 0 aromatic rings. The number of rotatable bonds is 26. The highest BCUT2D eigenvalue weighted by atomic mass is 16.5. The minimum atomic E-state index is -0.125. The molecule has 0 aliphatic carbocycles. The predicted molar refractivity (Wildman–Crippen MR) is 149 cm³/mol. The molecule has 0 amide bonds. The molecular weight excluding hydrogens is 456 g/mol. The molecule has 0 aliphatic rings. The summed E-state index contributed by atoms with van der Waals surface area (Å²) in [6.45, 7) is 5.11. The Bertz CT molecular complexity index is 401. The first-order valence-electron chi connectivity index (χ1n) is 15.1. The van der Waals surface area contributed by atoms with E-state index in [0.717, 1.165) is 38.5 Å². The van der Waals surface area contributed by atoms with Crippen molar-refractivity contribution < 1.29 is 29.3 Å². The highest BCUT2D eigenvalue weighted by Gasteiger charge is 2.05. The molecule has 0 spiro atoms. The smallest absolute Gasteiger partial charge is 0.305 e. The number of esters is 2. The Kier molecular flexibility index (Phi) is 34.8. The molecule has 216 valence electrons. The van der Waals surface area contributed by atoms with E-state index in [1.54, 1.807) is 0 Å². The molecule has 0 saturated heterocycles. The van der Waals surface area contributed by atoms with Crippen LogP contribution < -0.4 is 0 Å². The quantitative estimate of drug-likeness (QED) is 0.0905. The number of aliphatic hydroxyl groups excluding tert-OH is 2. The van der Waals surface area contributed by atoms with Crippen LogP contribution in [0.1, 0.15) is 155 Å². The van der Waals surface area contributed by atoms with E-state index in [2.05, 4.69) is 13.8 Å². The zero-order valence-corrected chi connectivity index (χ0v) is 23.9. The molecule has 0 fully saturated rings. The Balaban J connectivity index is 0. The normalized spacial score (nSPS) is 10.6. The van der Waals surface area contributed by atoms with Gasteiger partial charge in [0.2, 0.25) is 0 Å². The number of carbonyl (C=O) groups excluding carboxylic acids is 2. The third-order valence-corrected chi connectivity index (χ3v) is 6.13. The second kappa shape index (κ2) is 33.9. The lowest BCUT2D eigenvalue weighted by atomic mass is 10.1. The van der Waals surface area contributed by atoms with E-state index in [0.29, 0.717) is 26.1 Å². The van der Waals surface area contributed by atoms with Crippen LogP contribution in [0, 0.1) is 0 Å². The first kappa shape index (κ1) is 37.0. The zero-order valence-electron chi connectivity index (χ0n) is 23.9. The lowest BCUT2D eigenvalue weighted by molar-refractivity contribution is -0.146. The second-order valence-electron chi connectivity index (χ2n) is 9.75. The van der Waals surface area contributed by atoms with Crippen molar-refractivity contribution in [2.24, 2.45) is 0 Å². The van der Waals surface area contributed by atoms with Crippen molar-refractivity contribution in [3.8, 4) is 0 Å². The minimum Gasteiger partial charge on any atom is -0.466 e. The fourth-order valence-corrected chi connectivity index (χ4v) is 3.88. The summed E-state index contributed by atoms with van der Waals surface area (Å²) in [6, 6.07) is 0. The van der Waals surface area contributed by atoms with E-state index >= 15 is 0 Å². The topological polar surface area (TPSA) is 93.1 Å². The van der Waals surface area contributed by atoms with E-state index in [1.807, 2.05) is 0 Å². The maximum Gasteiger partial charge on any atom is 0.305 e. The maximum atomic E-state index is 11.7. The van der Waals surface area contributed by atoms with E-state index in [1.165, 1.54) is 89.9 Å². The van der Waals surface area contributed by atoms with Gasteiger partial charge in [0.15, 0.2) is 0 Å². The zero-order chi connectivity index (χ0) is 27.0. The summed E-state index contributed by atoms with van der Waals surface area (Å²) in [7, 11) is 0. The third kappa shape index (κ3) is 35.0. The number of ether oxygens (including phenoxy) is 2. The Morgan fingerprint density at radius 1 is 0.444 bits per heavy atom. The fraction of sp³-hybridized carbons (Fsp3) is 0.933. The Morgan fingerprint density at radius 3 is 1.00 bits per heavy atom. The highest BCUT2D eigenvalue weighted by Crippen LogP contribution is 2.12. The summed E-state index contributed by atoms with van der Waals surface area (Å²) in [5.74, 6) is -0.175. The molecule has 6 nitrogen and oxygen atoms in total. The molecule has 0 radical (unpaired) electrons. The van der Waals surface area contributed by atoms with Gasteiger partial charge in [-0.15, -0.1) is 0 Å². The molecule has 0 bridgehead atoms. The first-order valence-corrected chi connectivity index (χ1v) is 15.1. The molecule has 0 aromatic carbocycles. The molecule has 0 saturated carbocycles. The van der Waals surface area contributed by atoms with Crippen LogP contribution in [0.2, 0.25) is 0 Å². The molecule has 0 atom stereocenters. The van der Waals surface area contributed by atoms with E-state index in [4.69, 9.17) is 19.7 Å². The van der Waals surface area contributed by atoms with Crippen molar-refractivity contribution >= 4 is 11.9 Å². The van der Waals surface area contributed by atoms with Gasteiger partial charge in [-0.05, 0) is 25.7 Å². The van der Waals surface area contributed by atoms with Crippen molar-refractivity contribution in [2.45, 2.75) is 155 Å². The van der Waals surface area contributed by atoms with Gasteiger partial charge in [0.25, 0.3) is 0 Å². The summed E-state index contributed by atoms with van der Waals surface area (Å²) in [5.41, 5.74) is 0. The summed E-state index contributed by atoms with van der Waals surface area (Å²) in [6.07, 6.45) is 25.1. The molecule has 0 aromatic heterocycles. The van der Waals surface area contributed by atoms with Gasteiger partial charge in [0.1, 0.15) is 0 Å². The minimum absolute atomic E-state index is 0.0877. The number of hydrogen-bond acceptors (Lipinski definition) is 6. The first-order chi connectivity index (χ1) is 17.6. The molecule has 0 aliphatic heterocycles. The summed E-state index contributed by atoms with van der Waals surface area (Å²) in [4.78, 5) is 23.5. The van der Waals surface area contributed by atoms with Gasteiger partial charge in [0.05, 0.1) is 26.4 Å². The van der Waals surface area contributed by atoms with Crippen molar-refractivity contribution in [1.82, 2.24) is 0 Å². The predicted octanol–water partition coefficient (Wildman–Crippen LogP) is 7.67. The van der Waals surface area contributed by atoms with Crippen LogP contribution in [0.5, 0.6) is 0 Å². The van der Waals surface area contributed by atoms with Crippen LogP contribution in [-0.2, 0) is 19.1 Å². The molecular formula is C30H60O6. The lowest BCUT2D eigenvalue weighted by Gasteiger charge is -2.07. The number of unbranched alkanes of at least 4 members (excludes halogenated alkanes) is 17. The van der Waals surface area contributed by atoms with Crippen LogP contribution >= 0.6 is 0 Å². The SMILES string of the molecule is CCCCCCCCCCCC(=O)OCCCCOC(=O)CCCCCCCCCCC.OCCO. The Hall–Kier alpha value is -1.14.